The number of rotatable bonds is 6. The number of esters is 1. The molecule has 0 aromatic heterocycles. The van der Waals surface area contributed by atoms with Crippen molar-refractivity contribution in [3.8, 4) is 0 Å². The third kappa shape index (κ3) is 5.26. The Bertz CT molecular complexity index is 1060. The molecule has 2 aliphatic rings. The first-order chi connectivity index (χ1) is 15.8. The highest BCUT2D eigenvalue weighted by Crippen LogP contribution is 2.37. The molecule has 178 valence electrons. The maximum atomic E-state index is 13.0. The van der Waals surface area contributed by atoms with Gasteiger partial charge in [-0.25, -0.2) is 0 Å². The van der Waals surface area contributed by atoms with Gasteiger partial charge in [0.1, 0.15) is 12.2 Å². The van der Waals surface area contributed by atoms with Crippen LogP contribution in [0.3, 0.4) is 0 Å². The maximum absolute atomic E-state index is 13.0. The van der Waals surface area contributed by atoms with Gasteiger partial charge in [0.25, 0.3) is 10.1 Å². The first-order valence-corrected chi connectivity index (χ1v) is 11.9. The molecular formula is C23H26O9S. The molecule has 0 bridgehead atoms. The number of carbonyl (C=O) groups is 1. The summed E-state index contributed by atoms with van der Waals surface area (Å²) >= 11 is 0. The average molecular weight is 479 g/mol. The summed E-state index contributed by atoms with van der Waals surface area (Å²) in [5.41, 5.74) is 1.66. The summed E-state index contributed by atoms with van der Waals surface area (Å²) in [5.74, 6) is -0.622. The molecule has 2 aromatic rings. The number of methoxy groups -OCH3 is 1. The molecule has 0 saturated carbocycles. The Labute approximate surface area is 192 Å². The van der Waals surface area contributed by atoms with Crippen LogP contribution in [0.25, 0.3) is 0 Å². The van der Waals surface area contributed by atoms with E-state index in [-0.39, 0.29) is 11.5 Å². The van der Waals surface area contributed by atoms with E-state index in [0.717, 1.165) is 11.1 Å². The molecule has 0 spiro atoms. The van der Waals surface area contributed by atoms with E-state index in [0.29, 0.717) is 0 Å². The SMILES string of the molecule is CO[C@@H]1O[C@H]2CO[C@@H](c3ccccc3)O[C@H]2[C@H](OC(C)=O)[C@H]1OS(=O)(=O)c1ccc(C)cc1. The smallest absolute Gasteiger partial charge is 0.303 e. The van der Waals surface area contributed by atoms with Crippen molar-refractivity contribution in [2.45, 2.75) is 55.7 Å². The fourth-order valence-corrected chi connectivity index (χ4v) is 4.92. The van der Waals surface area contributed by atoms with E-state index in [1.165, 1.54) is 26.2 Å². The van der Waals surface area contributed by atoms with Crippen molar-refractivity contribution < 1.29 is 41.1 Å². The van der Waals surface area contributed by atoms with Crippen LogP contribution in [0.4, 0.5) is 0 Å². The van der Waals surface area contributed by atoms with Crippen molar-refractivity contribution in [1.82, 2.24) is 0 Å². The molecule has 10 heteroatoms. The highest BCUT2D eigenvalue weighted by Gasteiger charge is 2.54. The minimum absolute atomic E-state index is 0.0401. The van der Waals surface area contributed by atoms with E-state index in [2.05, 4.69) is 0 Å². The Hall–Kier alpha value is -2.34. The van der Waals surface area contributed by atoms with E-state index in [4.69, 9.17) is 27.9 Å². The molecular weight excluding hydrogens is 452 g/mol. The zero-order valence-electron chi connectivity index (χ0n) is 18.4. The molecule has 0 N–H and O–H groups in total. The Kier molecular flexibility index (Phi) is 7.13. The topological polar surface area (TPSA) is 107 Å². The minimum Gasteiger partial charge on any atom is -0.457 e. The Morgan fingerprint density at radius 2 is 1.70 bits per heavy atom. The fourth-order valence-electron chi connectivity index (χ4n) is 3.85. The molecule has 0 radical (unpaired) electrons. The third-order valence-corrected chi connectivity index (χ3v) is 6.76. The number of benzene rings is 2. The molecule has 9 nitrogen and oxygen atoms in total. The average Bonchev–Trinajstić information content (AvgIpc) is 2.80. The molecule has 2 saturated heterocycles. The first-order valence-electron chi connectivity index (χ1n) is 10.5. The number of hydrogen-bond acceptors (Lipinski definition) is 9. The van der Waals surface area contributed by atoms with Gasteiger partial charge in [0.2, 0.25) is 0 Å². The minimum atomic E-state index is -4.23. The van der Waals surface area contributed by atoms with Gasteiger partial charge in [-0.1, -0.05) is 48.0 Å². The van der Waals surface area contributed by atoms with Crippen LogP contribution < -0.4 is 0 Å². The van der Waals surface area contributed by atoms with Gasteiger partial charge in [0.15, 0.2) is 24.8 Å². The predicted octanol–water partition coefficient (Wildman–Crippen LogP) is 2.49. The van der Waals surface area contributed by atoms with Gasteiger partial charge >= 0.3 is 5.97 Å². The Morgan fingerprint density at radius 3 is 2.33 bits per heavy atom. The van der Waals surface area contributed by atoms with E-state index in [1.807, 2.05) is 37.3 Å². The second kappa shape index (κ2) is 9.88. The summed E-state index contributed by atoms with van der Waals surface area (Å²) in [6.45, 7) is 3.20. The quantitative estimate of drug-likeness (QED) is 0.457. The molecule has 2 heterocycles. The molecule has 0 amide bonds. The number of carbonyl (C=O) groups excluding carboxylic acids is 1. The third-order valence-electron chi connectivity index (χ3n) is 5.44. The number of fused-ring (bicyclic) bond motifs is 1. The molecule has 2 aromatic carbocycles. The highest BCUT2D eigenvalue weighted by molar-refractivity contribution is 7.86. The van der Waals surface area contributed by atoms with Gasteiger partial charge in [-0.15, -0.1) is 0 Å². The van der Waals surface area contributed by atoms with Gasteiger partial charge in [0, 0.05) is 19.6 Å². The fraction of sp³-hybridized carbons (Fsp3) is 0.435. The molecule has 6 atom stereocenters. The van der Waals surface area contributed by atoms with Crippen molar-refractivity contribution in [2.75, 3.05) is 13.7 Å². The zero-order valence-corrected chi connectivity index (χ0v) is 19.3. The Morgan fingerprint density at radius 1 is 1.00 bits per heavy atom. The zero-order chi connectivity index (χ0) is 23.6. The molecule has 0 unspecified atom stereocenters. The summed E-state index contributed by atoms with van der Waals surface area (Å²) in [6.07, 6.45) is -5.83. The molecule has 2 fully saturated rings. The summed E-state index contributed by atoms with van der Waals surface area (Å²) in [5, 5.41) is 0. The van der Waals surface area contributed by atoms with E-state index in [1.54, 1.807) is 12.1 Å². The van der Waals surface area contributed by atoms with Gasteiger partial charge in [-0.2, -0.15) is 8.42 Å². The lowest BCUT2D eigenvalue weighted by Gasteiger charge is -2.47. The van der Waals surface area contributed by atoms with Gasteiger partial charge < -0.3 is 23.7 Å². The first kappa shape index (κ1) is 23.8. The van der Waals surface area contributed by atoms with Crippen LogP contribution in [-0.4, -0.2) is 58.8 Å². The lowest BCUT2D eigenvalue weighted by atomic mass is 9.97. The van der Waals surface area contributed by atoms with Gasteiger partial charge in [-0.3, -0.25) is 8.98 Å². The summed E-state index contributed by atoms with van der Waals surface area (Å²) < 4.78 is 60.2. The summed E-state index contributed by atoms with van der Waals surface area (Å²) in [7, 11) is -2.88. The van der Waals surface area contributed by atoms with Crippen molar-refractivity contribution in [3.63, 3.8) is 0 Å². The lowest BCUT2D eigenvalue weighted by Crippen LogP contribution is -2.64. The predicted molar refractivity (Wildman–Crippen MR) is 114 cm³/mol. The van der Waals surface area contributed by atoms with E-state index >= 15 is 0 Å². The van der Waals surface area contributed by atoms with Crippen LogP contribution in [0.5, 0.6) is 0 Å². The van der Waals surface area contributed by atoms with E-state index in [9.17, 15) is 13.2 Å². The van der Waals surface area contributed by atoms with Crippen LogP contribution in [0.2, 0.25) is 0 Å². The monoisotopic (exact) mass is 478 g/mol. The summed E-state index contributed by atoms with van der Waals surface area (Å²) in [6, 6.07) is 15.4. The van der Waals surface area contributed by atoms with Crippen molar-refractivity contribution in [3.05, 3.63) is 65.7 Å². The maximum Gasteiger partial charge on any atom is 0.303 e. The number of ether oxygens (including phenoxy) is 5. The van der Waals surface area contributed by atoms with Crippen molar-refractivity contribution >= 4 is 16.1 Å². The second-order valence-electron chi connectivity index (χ2n) is 7.86. The van der Waals surface area contributed by atoms with Crippen molar-refractivity contribution in [1.29, 1.82) is 0 Å². The van der Waals surface area contributed by atoms with Crippen LogP contribution in [-0.2, 0) is 42.8 Å². The van der Waals surface area contributed by atoms with Crippen LogP contribution in [0, 0.1) is 6.92 Å². The molecule has 33 heavy (non-hydrogen) atoms. The number of aryl methyl sites for hydroxylation is 1. The van der Waals surface area contributed by atoms with Crippen LogP contribution in [0.15, 0.2) is 59.5 Å². The second-order valence-corrected chi connectivity index (χ2v) is 9.43. The standard InChI is InChI=1S/C23H26O9S/c1-14-9-11-17(12-10-14)33(25,26)32-21-20(29-15(2)24)19-18(30-23(21)27-3)13-28-22(31-19)16-7-5-4-6-8-16/h4-12,18-23H,13H2,1-3H3/t18-,19+,20-,21+,22+,23+/m0/s1. The molecule has 0 aliphatic carbocycles. The molecule has 2 aliphatic heterocycles. The van der Waals surface area contributed by atoms with Crippen LogP contribution in [0.1, 0.15) is 24.3 Å². The summed E-state index contributed by atoms with van der Waals surface area (Å²) in [4.78, 5) is 11.9. The van der Waals surface area contributed by atoms with E-state index < -0.39 is 53.1 Å². The molecule has 4 rings (SSSR count). The number of hydrogen-bond donors (Lipinski definition) is 0. The normalized spacial score (nSPS) is 29.8. The highest BCUT2D eigenvalue weighted by atomic mass is 32.2. The lowest BCUT2D eigenvalue weighted by molar-refractivity contribution is -0.355. The largest absolute Gasteiger partial charge is 0.457 e. The van der Waals surface area contributed by atoms with Crippen molar-refractivity contribution in [2.24, 2.45) is 0 Å². The Balaban J connectivity index is 1.64. The van der Waals surface area contributed by atoms with Gasteiger partial charge in [-0.05, 0) is 19.1 Å². The van der Waals surface area contributed by atoms with Crippen LogP contribution >= 0.6 is 0 Å². The van der Waals surface area contributed by atoms with Gasteiger partial charge in [0.05, 0.1) is 11.5 Å².